The van der Waals surface area contributed by atoms with Gasteiger partial charge in [-0.3, -0.25) is 14.4 Å². The van der Waals surface area contributed by atoms with Crippen LogP contribution in [0.1, 0.15) is 38.5 Å². The van der Waals surface area contributed by atoms with Crippen molar-refractivity contribution in [3.8, 4) is 0 Å². The first-order valence-corrected chi connectivity index (χ1v) is 6.58. The zero-order valence-electron chi connectivity index (χ0n) is 11.6. The van der Waals surface area contributed by atoms with Gasteiger partial charge in [-0.25, -0.2) is 0 Å². The molecule has 19 heavy (non-hydrogen) atoms. The molecule has 1 rings (SSSR count). The summed E-state index contributed by atoms with van der Waals surface area (Å²) in [5.74, 6) is -1.47. The lowest BCUT2D eigenvalue weighted by Gasteiger charge is -2.32. The van der Waals surface area contributed by atoms with Crippen LogP contribution in [0, 0.1) is 5.41 Å². The molecule has 1 aliphatic carbocycles. The number of carbonyl (C=O) groups excluding carboxylic acids is 2. The Labute approximate surface area is 113 Å². The van der Waals surface area contributed by atoms with E-state index >= 15 is 0 Å². The molecule has 2 amide bonds. The van der Waals surface area contributed by atoms with Gasteiger partial charge in [0, 0.05) is 20.5 Å². The van der Waals surface area contributed by atoms with Gasteiger partial charge < -0.3 is 15.3 Å². The maximum absolute atomic E-state index is 11.8. The van der Waals surface area contributed by atoms with Crippen molar-refractivity contribution < 1.29 is 19.5 Å². The second kappa shape index (κ2) is 6.54. The van der Waals surface area contributed by atoms with Crippen LogP contribution in [0.4, 0.5) is 0 Å². The topological polar surface area (TPSA) is 86.7 Å². The van der Waals surface area contributed by atoms with Gasteiger partial charge in [-0.2, -0.15) is 0 Å². The Bertz CT molecular complexity index is 360. The van der Waals surface area contributed by atoms with E-state index in [2.05, 4.69) is 5.32 Å². The van der Waals surface area contributed by atoms with E-state index < -0.39 is 11.4 Å². The Morgan fingerprint density at radius 3 is 2.21 bits per heavy atom. The Balaban J connectivity index is 2.53. The molecule has 0 saturated heterocycles. The number of carboxylic acid groups (broad SMARTS) is 1. The SMILES string of the molecule is CN(C)C(=O)CNC(=O)CC1(C(=O)O)CCCCC1. The lowest BCUT2D eigenvalue weighted by atomic mass is 9.71. The largest absolute Gasteiger partial charge is 0.481 e. The van der Waals surface area contributed by atoms with Crippen LogP contribution in [0.3, 0.4) is 0 Å². The van der Waals surface area contributed by atoms with Crippen LogP contribution in [-0.4, -0.2) is 48.4 Å². The number of amides is 2. The van der Waals surface area contributed by atoms with Gasteiger partial charge in [-0.15, -0.1) is 0 Å². The van der Waals surface area contributed by atoms with E-state index in [1.54, 1.807) is 14.1 Å². The van der Waals surface area contributed by atoms with Crippen molar-refractivity contribution in [3.63, 3.8) is 0 Å². The zero-order chi connectivity index (χ0) is 14.5. The van der Waals surface area contributed by atoms with Crippen LogP contribution < -0.4 is 5.32 Å². The molecule has 6 heteroatoms. The minimum Gasteiger partial charge on any atom is -0.481 e. The van der Waals surface area contributed by atoms with Crippen LogP contribution in [0.2, 0.25) is 0 Å². The molecular weight excluding hydrogens is 248 g/mol. The molecule has 1 aliphatic rings. The fraction of sp³-hybridized carbons (Fsp3) is 0.769. The van der Waals surface area contributed by atoms with Crippen molar-refractivity contribution in [1.82, 2.24) is 10.2 Å². The van der Waals surface area contributed by atoms with Gasteiger partial charge in [0.25, 0.3) is 0 Å². The van der Waals surface area contributed by atoms with Gasteiger partial charge in [-0.1, -0.05) is 19.3 Å². The molecule has 0 atom stereocenters. The van der Waals surface area contributed by atoms with Crippen LogP contribution in [0.25, 0.3) is 0 Å². The van der Waals surface area contributed by atoms with Crippen molar-refractivity contribution in [3.05, 3.63) is 0 Å². The second-order valence-electron chi connectivity index (χ2n) is 5.39. The molecular formula is C13H22N2O4. The predicted molar refractivity (Wildman–Crippen MR) is 69.5 cm³/mol. The number of carbonyl (C=O) groups is 3. The van der Waals surface area contributed by atoms with Crippen molar-refractivity contribution in [1.29, 1.82) is 0 Å². The number of carboxylic acids is 1. The summed E-state index contributed by atoms with van der Waals surface area (Å²) in [5, 5.41) is 11.8. The van der Waals surface area contributed by atoms with Gasteiger partial charge in [-0.05, 0) is 12.8 Å². The molecule has 0 aromatic carbocycles. The van der Waals surface area contributed by atoms with E-state index in [1.807, 2.05) is 0 Å². The van der Waals surface area contributed by atoms with Crippen LogP contribution >= 0.6 is 0 Å². The smallest absolute Gasteiger partial charge is 0.310 e. The van der Waals surface area contributed by atoms with E-state index in [-0.39, 0.29) is 24.8 Å². The average Bonchev–Trinajstić information content (AvgIpc) is 2.36. The first-order chi connectivity index (χ1) is 8.87. The summed E-state index contributed by atoms with van der Waals surface area (Å²) in [7, 11) is 3.21. The molecule has 0 aliphatic heterocycles. The summed E-state index contributed by atoms with van der Waals surface area (Å²) >= 11 is 0. The van der Waals surface area contributed by atoms with Gasteiger partial charge in [0.15, 0.2) is 0 Å². The summed E-state index contributed by atoms with van der Waals surface area (Å²) < 4.78 is 0. The highest BCUT2D eigenvalue weighted by molar-refractivity contribution is 5.88. The predicted octanol–water partition coefficient (Wildman–Crippen LogP) is 0.616. The molecule has 108 valence electrons. The number of likely N-dealkylation sites (N-methyl/N-ethyl adjacent to an activating group) is 1. The lowest BCUT2D eigenvalue weighted by molar-refractivity contribution is -0.154. The highest BCUT2D eigenvalue weighted by Gasteiger charge is 2.41. The number of nitrogens with one attached hydrogen (secondary N) is 1. The van der Waals surface area contributed by atoms with E-state index in [4.69, 9.17) is 0 Å². The maximum atomic E-state index is 11.8. The standard InChI is InChI=1S/C13H22N2O4/c1-15(2)11(17)9-14-10(16)8-13(12(18)19)6-4-3-5-7-13/h3-9H2,1-2H3,(H,14,16)(H,18,19). The quantitative estimate of drug-likeness (QED) is 0.766. The highest BCUT2D eigenvalue weighted by Crippen LogP contribution is 2.39. The second-order valence-corrected chi connectivity index (χ2v) is 5.39. The molecule has 0 aromatic rings. The van der Waals surface area contributed by atoms with E-state index in [1.165, 1.54) is 4.90 Å². The monoisotopic (exact) mass is 270 g/mol. The average molecular weight is 270 g/mol. The summed E-state index contributed by atoms with van der Waals surface area (Å²) in [6.07, 6.45) is 3.75. The number of aliphatic carboxylic acids is 1. The van der Waals surface area contributed by atoms with Crippen LogP contribution in [0.5, 0.6) is 0 Å². The van der Waals surface area contributed by atoms with E-state index in [9.17, 15) is 19.5 Å². The van der Waals surface area contributed by atoms with E-state index in [0.717, 1.165) is 19.3 Å². The molecule has 0 unspecified atom stereocenters. The Morgan fingerprint density at radius 2 is 1.74 bits per heavy atom. The fourth-order valence-corrected chi connectivity index (χ4v) is 2.40. The Hall–Kier alpha value is -1.59. The molecule has 0 aromatic heterocycles. The number of nitrogens with zero attached hydrogens (tertiary/aromatic N) is 1. The van der Waals surface area contributed by atoms with Gasteiger partial charge in [0.2, 0.25) is 11.8 Å². The van der Waals surface area contributed by atoms with Crippen LogP contribution in [0.15, 0.2) is 0 Å². The molecule has 2 N–H and O–H groups in total. The summed E-state index contributed by atoms with van der Waals surface area (Å²) in [4.78, 5) is 35.9. The lowest BCUT2D eigenvalue weighted by Crippen LogP contribution is -2.42. The number of rotatable bonds is 5. The third-order valence-corrected chi connectivity index (χ3v) is 3.70. The summed E-state index contributed by atoms with van der Waals surface area (Å²) in [5.41, 5.74) is -0.941. The normalized spacial score (nSPS) is 17.6. The molecule has 0 radical (unpaired) electrons. The van der Waals surface area contributed by atoms with Gasteiger partial charge in [0.05, 0.1) is 12.0 Å². The molecule has 1 fully saturated rings. The van der Waals surface area contributed by atoms with Crippen molar-refractivity contribution >= 4 is 17.8 Å². The van der Waals surface area contributed by atoms with Crippen molar-refractivity contribution in [2.75, 3.05) is 20.6 Å². The third-order valence-electron chi connectivity index (χ3n) is 3.70. The molecule has 0 bridgehead atoms. The number of hydrogen-bond donors (Lipinski definition) is 2. The fourth-order valence-electron chi connectivity index (χ4n) is 2.40. The van der Waals surface area contributed by atoms with Gasteiger partial charge in [0.1, 0.15) is 0 Å². The van der Waals surface area contributed by atoms with Crippen molar-refractivity contribution in [2.45, 2.75) is 38.5 Å². The molecule has 6 nitrogen and oxygen atoms in total. The third kappa shape index (κ3) is 4.22. The molecule has 0 spiro atoms. The first kappa shape index (κ1) is 15.5. The van der Waals surface area contributed by atoms with Crippen LogP contribution in [-0.2, 0) is 14.4 Å². The summed E-state index contributed by atoms with van der Waals surface area (Å²) in [6, 6.07) is 0. The molecule has 1 saturated carbocycles. The van der Waals surface area contributed by atoms with Gasteiger partial charge >= 0.3 is 5.97 Å². The molecule has 0 heterocycles. The van der Waals surface area contributed by atoms with E-state index in [0.29, 0.717) is 12.8 Å². The minimum absolute atomic E-state index is 0.0386. The number of hydrogen-bond acceptors (Lipinski definition) is 3. The first-order valence-electron chi connectivity index (χ1n) is 6.58. The highest BCUT2D eigenvalue weighted by atomic mass is 16.4. The zero-order valence-corrected chi connectivity index (χ0v) is 11.6. The maximum Gasteiger partial charge on any atom is 0.310 e. The summed E-state index contributed by atoms with van der Waals surface area (Å²) in [6.45, 7) is -0.0818. The Kier molecular flexibility index (Phi) is 5.32. The Morgan fingerprint density at radius 1 is 1.16 bits per heavy atom. The minimum atomic E-state index is -0.941. The van der Waals surface area contributed by atoms with Crippen molar-refractivity contribution in [2.24, 2.45) is 5.41 Å².